The molecule has 1 N–H and O–H groups in total. The van der Waals surface area contributed by atoms with E-state index in [9.17, 15) is 4.79 Å². The number of carbonyl (C=O) groups is 1. The van der Waals surface area contributed by atoms with E-state index in [-0.39, 0.29) is 18.1 Å². The Morgan fingerprint density at radius 3 is 2.81 bits per heavy atom. The van der Waals surface area contributed by atoms with Crippen molar-refractivity contribution >= 4 is 5.91 Å². The van der Waals surface area contributed by atoms with E-state index < -0.39 is 0 Å². The molecule has 1 amide bonds. The van der Waals surface area contributed by atoms with Crippen LogP contribution in [0.4, 0.5) is 0 Å². The molecule has 4 heteroatoms. The van der Waals surface area contributed by atoms with Crippen molar-refractivity contribution in [2.75, 3.05) is 19.8 Å². The molecule has 0 aromatic heterocycles. The maximum atomic E-state index is 11.4. The van der Waals surface area contributed by atoms with E-state index in [4.69, 9.17) is 9.47 Å². The second-order valence-electron chi connectivity index (χ2n) is 5.17. The van der Waals surface area contributed by atoms with Crippen molar-refractivity contribution in [1.82, 2.24) is 5.32 Å². The molecule has 1 heterocycles. The van der Waals surface area contributed by atoms with Gasteiger partial charge in [-0.25, -0.2) is 0 Å². The molecule has 1 aliphatic heterocycles. The lowest BCUT2D eigenvalue weighted by atomic mass is 10.2. The van der Waals surface area contributed by atoms with Gasteiger partial charge < -0.3 is 14.8 Å². The Labute approximate surface area is 97.7 Å². The topological polar surface area (TPSA) is 47.6 Å². The van der Waals surface area contributed by atoms with E-state index in [0.717, 1.165) is 25.9 Å². The number of nitrogens with one attached hydrogen (secondary N) is 1. The zero-order valence-corrected chi connectivity index (χ0v) is 10.5. The molecule has 1 unspecified atom stereocenters. The summed E-state index contributed by atoms with van der Waals surface area (Å²) in [6.07, 6.45) is 3.50. The predicted octanol–water partition coefficient (Wildman–Crippen LogP) is 1.49. The van der Waals surface area contributed by atoms with Gasteiger partial charge in [0.15, 0.2) is 0 Å². The van der Waals surface area contributed by atoms with Gasteiger partial charge in [0.05, 0.1) is 11.7 Å². The molecule has 16 heavy (non-hydrogen) atoms. The first-order valence-corrected chi connectivity index (χ1v) is 5.99. The Hall–Kier alpha value is -0.610. The van der Waals surface area contributed by atoms with Crippen LogP contribution in [-0.2, 0) is 14.3 Å². The second kappa shape index (κ2) is 6.21. The first-order chi connectivity index (χ1) is 7.47. The molecule has 1 rings (SSSR count). The minimum absolute atomic E-state index is 0.0482. The molecule has 0 aliphatic carbocycles. The lowest BCUT2D eigenvalue weighted by Crippen LogP contribution is -2.33. The molecule has 0 bridgehead atoms. The van der Waals surface area contributed by atoms with Crippen LogP contribution in [0.1, 0.15) is 40.0 Å². The van der Waals surface area contributed by atoms with Crippen LogP contribution in [0, 0.1) is 0 Å². The highest BCUT2D eigenvalue weighted by atomic mass is 16.5. The third-order valence-corrected chi connectivity index (χ3v) is 2.45. The fourth-order valence-electron chi connectivity index (χ4n) is 1.58. The third-order valence-electron chi connectivity index (χ3n) is 2.45. The van der Waals surface area contributed by atoms with E-state index in [1.807, 2.05) is 20.8 Å². The van der Waals surface area contributed by atoms with Crippen LogP contribution in [0.2, 0.25) is 0 Å². The monoisotopic (exact) mass is 229 g/mol. The summed E-state index contributed by atoms with van der Waals surface area (Å²) in [5, 5.41) is 2.84. The molecule has 4 nitrogen and oxygen atoms in total. The Balaban J connectivity index is 2.01. The lowest BCUT2D eigenvalue weighted by molar-refractivity contribution is -0.130. The summed E-state index contributed by atoms with van der Waals surface area (Å²) in [6, 6.07) is 0. The average Bonchev–Trinajstić information content (AvgIpc) is 2.66. The maximum absolute atomic E-state index is 11.4. The summed E-state index contributed by atoms with van der Waals surface area (Å²) in [6.45, 7) is 7.49. The smallest absolute Gasteiger partial charge is 0.246 e. The molecular weight excluding hydrogens is 206 g/mol. The van der Waals surface area contributed by atoms with E-state index in [1.165, 1.54) is 0 Å². The second-order valence-corrected chi connectivity index (χ2v) is 5.17. The molecule has 0 radical (unpaired) electrons. The number of rotatable bonds is 5. The van der Waals surface area contributed by atoms with Crippen LogP contribution >= 0.6 is 0 Å². The molecule has 1 saturated heterocycles. The number of hydrogen-bond donors (Lipinski definition) is 1. The maximum Gasteiger partial charge on any atom is 0.246 e. The normalized spacial score (nSPS) is 21.1. The van der Waals surface area contributed by atoms with Crippen molar-refractivity contribution in [3.63, 3.8) is 0 Å². The fourth-order valence-corrected chi connectivity index (χ4v) is 1.58. The molecule has 0 spiro atoms. The summed E-state index contributed by atoms with van der Waals surface area (Å²) in [4.78, 5) is 11.4. The Bertz CT molecular complexity index is 217. The molecule has 0 aromatic carbocycles. The van der Waals surface area contributed by atoms with Crippen molar-refractivity contribution in [1.29, 1.82) is 0 Å². The van der Waals surface area contributed by atoms with Gasteiger partial charge in [-0.15, -0.1) is 0 Å². The average molecular weight is 229 g/mol. The summed E-state index contributed by atoms with van der Waals surface area (Å²) in [5.41, 5.74) is -0.258. The van der Waals surface area contributed by atoms with Crippen LogP contribution in [0.15, 0.2) is 0 Å². The van der Waals surface area contributed by atoms with E-state index in [1.54, 1.807) is 0 Å². The van der Waals surface area contributed by atoms with Gasteiger partial charge >= 0.3 is 0 Å². The van der Waals surface area contributed by atoms with Crippen molar-refractivity contribution in [3.05, 3.63) is 0 Å². The quantitative estimate of drug-likeness (QED) is 0.777. The van der Waals surface area contributed by atoms with Crippen molar-refractivity contribution < 1.29 is 14.3 Å². The van der Waals surface area contributed by atoms with Gasteiger partial charge in [-0.1, -0.05) is 0 Å². The van der Waals surface area contributed by atoms with Gasteiger partial charge in [0.2, 0.25) is 5.91 Å². The molecule has 0 aromatic rings. The fraction of sp³-hybridized carbons (Fsp3) is 0.917. The highest BCUT2D eigenvalue weighted by Crippen LogP contribution is 2.14. The van der Waals surface area contributed by atoms with Crippen molar-refractivity contribution in [2.45, 2.75) is 51.7 Å². The summed E-state index contributed by atoms with van der Waals surface area (Å²) >= 11 is 0. The predicted molar refractivity (Wildman–Crippen MR) is 62.3 cm³/mol. The van der Waals surface area contributed by atoms with Gasteiger partial charge in [0.1, 0.15) is 6.61 Å². The Kier molecular flexibility index (Phi) is 5.22. The van der Waals surface area contributed by atoms with Crippen molar-refractivity contribution in [3.8, 4) is 0 Å². The van der Waals surface area contributed by atoms with Crippen LogP contribution < -0.4 is 5.32 Å². The molecule has 0 saturated carbocycles. The van der Waals surface area contributed by atoms with Gasteiger partial charge in [0.25, 0.3) is 0 Å². The summed E-state index contributed by atoms with van der Waals surface area (Å²) < 4.78 is 10.8. The first-order valence-electron chi connectivity index (χ1n) is 5.99. The Morgan fingerprint density at radius 1 is 1.50 bits per heavy atom. The highest BCUT2D eigenvalue weighted by molar-refractivity contribution is 5.77. The minimum atomic E-state index is -0.258. The number of ether oxygens (including phenoxy) is 2. The van der Waals surface area contributed by atoms with Gasteiger partial charge in [0, 0.05) is 13.2 Å². The molecule has 1 aliphatic rings. The van der Waals surface area contributed by atoms with E-state index in [0.29, 0.717) is 12.6 Å². The van der Waals surface area contributed by atoms with Crippen LogP contribution in [0.3, 0.4) is 0 Å². The largest absolute Gasteiger partial charge is 0.378 e. The summed E-state index contributed by atoms with van der Waals surface area (Å²) in [7, 11) is 0. The summed E-state index contributed by atoms with van der Waals surface area (Å²) in [5.74, 6) is -0.0482. The standard InChI is InChI=1S/C12H23NO3/c1-12(2,3)16-9-11(14)13-7-6-10-5-4-8-15-10/h10H,4-9H2,1-3H3,(H,13,14). The van der Waals surface area contributed by atoms with E-state index >= 15 is 0 Å². The molecule has 1 fully saturated rings. The third kappa shape index (κ3) is 6.08. The molecule has 94 valence electrons. The number of amides is 1. The van der Waals surface area contributed by atoms with Gasteiger partial charge in [-0.05, 0) is 40.0 Å². The van der Waals surface area contributed by atoms with Crippen molar-refractivity contribution in [2.24, 2.45) is 0 Å². The van der Waals surface area contributed by atoms with E-state index in [2.05, 4.69) is 5.32 Å². The van der Waals surface area contributed by atoms with Crippen LogP contribution in [0.5, 0.6) is 0 Å². The number of hydrogen-bond acceptors (Lipinski definition) is 3. The van der Waals surface area contributed by atoms with Gasteiger partial charge in [-0.2, -0.15) is 0 Å². The van der Waals surface area contributed by atoms with Gasteiger partial charge in [-0.3, -0.25) is 4.79 Å². The van der Waals surface area contributed by atoms with Crippen LogP contribution in [0.25, 0.3) is 0 Å². The molecule has 1 atom stereocenters. The first kappa shape index (κ1) is 13.5. The minimum Gasteiger partial charge on any atom is -0.378 e. The number of carbonyl (C=O) groups excluding carboxylic acids is 1. The molecular formula is C12H23NO3. The zero-order chi connectivity index (χ0) is 12.0. The SMILES string of the molecule is CC(C)(C)OCC(=O)NCCC1CCCO1. The zero-order valence-electron chi connectivity index (χ0n) is 10.5. The lowest BCUT2D eigenvalue weighted by Gasteiger charge is -2.19. The Morgan fingerprint density at radius 2 is 2.25 bits per heavy atom. The highest BCUT2D eigenvalue weighted by Gasteiger charge is 2.16. The van der Waals surface area contributed by atoms with Crippen LogP contribution in [-0.4, -0.2) is 37.4 Å².